The minimum absolute atomic E-state index is 0.198. The first-order valence-electron chi connectivity index (χ1n) is 8.95. The van der Waals surface area contributed by atoms with Crippen LogP contribution < -0.4 is 10.5 Å². The second-order valence-corrected chi connectivity index (χ2v) is 7.04. The van der Waals surface area contributed by atoms with Crippen LogP contribution in [0.5, 0.6) is 0 Å². The Labute approximate surface area is 153 Å². The Morgan fingerprint density at radius 3 is 2.42 bits per heavy atom. The molecule has 0 saturated carbocycles. The van der Waals surface area contributed by atoms with Crippen LogP contribution in [-0.2, 0) is 0 Å². The maximum atomic E-state index is 12.6. The van der Waals surface area contributed by atoms with E-state index in [0.29, 0.717) is 26.2 Å². The fourth-order valence-corrected chi connectivity index (χ4v) is 3.04. The number of H-pyrrole nitrogens is 1. The van der Waals surface area contributed by atoms with E-state index in [2.05, 4.69) is 33.7 Å². The molecule has 2 aromatic rings. The summed E-state index contributed by atoms with van der Waals surface area (Å²) in [4.78, 5) is 40.4. The lowest BCUT2D eigenvalue weighted by molar-refractivity contribution is 0.0744. The van der Waals surface area contributed by atoms with Gasteiger partial charge in [0.05, 0.1) is 0 Å². The van der Waals surface area contributed by atoms with Crippen LogP contribution in [0.4, 0.5) is 5.82 Å². The molecule has 0 aliphatic carbocycles. The summed E-state index contributed by atoms with van der Waals surface area (Å²) in [5.41, 5.74) is 1.56. The van der Waals surface area contributed by atoms with E-state index < -0.39 is 0 Å². The van der Waals surface area contributed by atoms with E-state index in [1.54, 1.807) is 24.0 Å². The van der Waals surface area contributed by atoms with Gasteiger partial charge in [-0.2, -0.15) is 0 Å². The molecule has 2 aromatic heterocycles. The van der Waals surface area contributed by atoms with Crippen molar-refractivity contribution in [2.75, 3.05) is 31.1 Å². The average molecular weight is 355 g/mol. The van der Waals surface area contributed by atoms with Gasteiger partial charge in [0.2, 0.25) is 0 Å². The summed E-state index contributed by atoms with van der Waals surface area (Å²) in [6, 6.07) is 5.33. The van der Waals surface area contributed by atoms with Crippen molar-refractivity contribution in [2.45, 2.75) is 33.6 Å². The number of rotatable bonds is 3. The van der Waals surface area contributed by atoms with E-state index in [9.17, 15) is 9.59 Å². The third-order valence-corrected chi connectivity index (χ3v) is 4.55. The second-order valence-electron chi connectivity index (χ2n) is 7.04. The number of amides is 1. The van der Waals surface area contributed by atoms with Crippen LogP contribution in [-0.4, -0.2) is 51.9 Å². The number of hydrogen-bond acceptors (Lipinski definition) is 5. The van der Waals surface area contributed by atoms with Gasteiger partial charge in [-0.3, -0.25) is 9.59 Å². The third-order valence-electron chi connectivity index (χ3n) is 4.55. The smallest absolute Gasteiger partial charge is 0.260 e. The van der Waals surface area contributed by atoms with Gasteiger partial charge in [-0.15, -0.1) is 0 Å². The van der Waals surface area contributed by atoms with Crippen LogP contribution >= 0.6 is 0 Å². The predicted octanol–water partition coefficient (Wildman–Crippen LogP) is 1.87. The van der Waals surface area contributed by atoms with Gasteiger partial charge in [-0.25, -0.2) is 9.97 Å². The Morgan fingerprint density at radius 1 is 1.12 bits per heavy atom. The Kier molecular flexibility index (Phi) is 5.06. The zero-order chi connectivity index (χ0) is 18.8. The molecule has 1 aliphatic rings. The van der Waals surface area contributed by atoms with Gasteiger partial charge in [0.15, 0.2) is 0 Å². The van der Waals surface area contributed by atoms with E-state index in [1.807, 2.05) is 13.0 Å². The van der Waals surface area contributed by atoms with Gasteiger partial charge in [-0.05, 0) is 26.0 Å². The van der Waals surface area contributed by atoms with Gasteiger partial charge in [-0.1, -0.05) is 13.8 Å². The Bertz CT molecular complexity index is 866. The second kappa shape index (κ2) is 7.27. The van der Waals surface area contributed by atoms with Crippen molar-refractivity contribution in [3.05, 3.63) is 51.3 Å². The van der Waals surface area contributed by atoms with E-state index in [1.165, 1.54) is 0 Å². The molecule has 3 heterocycles. The van der Waals surface area contributed by atoms with Crippen molar-refractivity contribution in [1.29, 1.82) is 0 Å². The lowest BCUT2D eigenvalue weighted by Gasteiger charge is -2.35. The Balaban J connectivity index is 1.71. The van der Waals surface area contributed by atoms with Crippen LogP contribution in [0.1, 0.15) is 47.3 Å². The number of piperazine rings is 1. The minimum Gasteiger partial charge on any atom is -0.353 e. The fourth-order valence-electron chi connectivity index (χ4n) is 3.04. The summed E-state index contributed by atoms with van der Waals surface area (Å²) in [7, 11) is 0. The summed E-state index contributed by atoms with van der Waals surface area (Å²) in [5, 5.41) is 0. The number of anilines is 1. The van der Waals surface area contributed by atoms with Crippen LogP contribution in [0.2, 0.25) is 0 Å². The zero-order valence-corrected chi connectivity index (χ0v) is 15.7. The van der Waals surface area contributed by atoms with Crippen molar-refractivity contribution in [3.63, 3.8) is 0 Å². The molecular formula is C19H25N5O2. The lowest BCUT2D eigenvalue weighted by Crippen LogP contribution is -2.50. The zero-order valence-electron chi connectivity index (χ0n) is 15.7. The summed E-state index contributed by atoms with van der Waals surface area (Å²) in [6.45, 7) is 10.4. The lowest BCUT2D eigenvalue weighted by atomic mass is 10.2. The average Bonchev–Trinajstić information content (AvgIpc) is 2.61. The first-order valence-corrected chi connectivity index (χ1v) is 8.95. The molecule has 1 aliphatic heterocycles. The molecule has 1 amide bonds. The number of nitrogens with zero attached hydrogens (tertiary/aromatic N) is 4. The highest BCUT2D eigenvalue weighted by Crippen LogP contribution is 2.19. The number of pyridine rings is 1. The van der Waals surface area contributed by atoms with Crippen molar-refractivity contribution in [2.24, 2.45) is 0 Å². The topological polar surface area (TPSA) is 82.2 Å². The van der Waals surface area contributed by atoms with Gasteiger partial charge in [0.25, 0.3) is 11.5 Å². The monoisotopic (exact) mass is 355 g/mol. The SMILES string of the molecule is Cc1cc(N2CCN(C(=O)c3ccc(C)[nH]c3=O)CC2)nc(C(C)C)n1. The van der Waals surface area contributed by atoms with E-state index in [4.69, 9.17) is 0 Å². The number of aromatic nitrogens is 3. The van der Waals surface area contributed by atoms with Crippen LogP contribution in [0.15, 0.2) is 23.0 Å². The number of carbonyl (C=O) groups excluding carboxylic acids is 1. The Morgan fingerprint density at radius 2 is 1.81 bits per heavy atom. The van der Waals surface area contributed by atoms with Crippen molar-refractivity contribution < 1.29 is 4.79 Å². The fraction of sp³-hybridized carbons (Fsp3) is 0.474. The number of nitrogens with one attached hydrogen (secondary N) is 1. The third kappa shape index (κ3) is 3.76. The molecule has 1 fully saturated rings. The van der Waals surface area contributed by atoms with Gasteiger partial charge >= 0.3 is 0 Å². The molecule has 0 unspecified atom stereocenters. The molecular weight excluding hydrogens is 330 g/mol. The maximum absolute atomic E-state index is 12.6. The van der Waals surface area contributed by atoms with E-state index in [-0.39, 0.29) is 22.9 Å². The van der Waals surface area contributed by atoms with Crippen molar-refractivity contribution in [3.8, 4) is 0 Å². The molecule has 1 N–H and O–H groups in total. The molecule has 138 valence electrons. The van der Waals surface area contributed by atoms with Crippen molar-refractivity contribution in [1.82, 2.24) is 19.9 Å². The van der Waals surface area contributed by atoms with Gasteiger partial charge < -0.3 is 14.8 Å². The molecule has 0 atom stereocenters. The highest BCUT2D eigenvalue weighted by molar-refractivity contribution is 5.94. The molecule has 0 radical (unpaired) electrons. The molecule has 0 spiro atoms. The summed E-state index contributed by atoms with van der Waals surface area (Å²) >= 11 is 0. The molecule has 26 heavy (non-hydrogen) atoms. The van der Waals surface area contributed by atoms with Crippen LogP contribution in [0.25, 0.3) is 0 Å². The summed E-state index contributed by atoms with van der Waals surface area (Å²) in [6.07, 6.45) is 0. The first kappa shape index (κ1) is 18.1. The highest BCUT2D eigenvalue weighted by atomic mass is 16.2. The largest absolute Gasteiger partial charge is 0.353 e. The van der Waals surface area contributed by atoms with Gasteiger partial charge in [0.1, 0.15) is 17.2 Å². The molecule has 1 saturated heterocycles. The van der Waals surface area contributed by atoms with Crippen molar-refractivity contribution >= 4 is 11.7 Å². The molecule has 7 heteroatoms. The number of hydrogen-bond donors (Lipinski definition) is 1. The number of carbonyl (C=O) groups is 1. The van der Waals surface area contributed by atoms with E-state index in [0.717, 1.165) is 23.0 Å². The first-order chi connectivity index (χ1) is 12.3. The summed E-state index contributed by atoms with van der Waals surface area (Å²) < 4.78 is 0. The molecule has 0 bridgehead atoms. The predicted molar refractivity (Wildman–Crippen MR) is 101 cm³/mol. The highest BCUT2D eigenvalue weighted by Gasteiger charge is 2.25. The van der Waals surface area contributed by atoms with Gasteiger partial charge in [0, 0.05) is 49.6 Å². The Hall–Kier alpha value is -2.70. The molecule has 7 nitrogen and oxygen atoms in total. The standard InChI is InChI=1S/C19H25N5O2/c1-12(2)17-20-14(4)11-16(22-17)23-7-9-24(10-8-23)19(26)15-6-5-13(3)21-18(15)25/h5-6,11-12H,7-10H2,1-4H3,(H,21,25). The van der Waals surface area contributed by atoms with E-state index >= 15 is 0 Å². The number of aryl methyl sites for hydroxylation is 2. The molecule has 0 aromatic carbocycles. The maximum Gasteiger partial charge on any atom is 0.260 e. The minimum atomic E-state index is -0.328. The normalized spacial score (nSPS) is 14.8. The number of aromatic amines is 1. The quantitative estimate of drug-likeness (QED) is 0.909. The van der Waals surface area contributed by atoms with Crippen LogP contribution in [0, 0.1) is 13.8 Å². The van der Waals surface area contributed by atoms with Crippen LogP contribution in [0.3, 0.4) is 0 Å². The summed E-state index contributed by atoms with van der Waals surface area (Å²) in [5.74, 6) is 1.79. The molecule has 3 rings (SSSR count).